The summed E-state index contributed by atoms with van der Waals surface area (Å²) in [6.45, 7) is 3.99. The maximum atomic E-state index is 12.7. The van der Waals surface area contributed by atoms with Gasteiger partial charge in [0.1, 0.15) is 11.9 Å². The second-order valence-electron chi connectivity index (χ2n) is 7.25. The van der Waals surface area contributed by atoms with Gasteiger partial charge in [0.2, 0.25) is 5.91 Å². The van der Waals surface area contributed by atoms with Crippen LogP contribution in [-0.2, 0) is 4.79 Å². The quantitative estimate of drug-likeness (QED) is 0.615. The largest absolute Gasteiger partial charge is 0.333 e. The second-order valence-corrected chi connectivity index (χ2v) is 8.21. The number of aromatic nitrogens is 3. The Kier molecular flexibility index (Phi) is 5.14. The zero-order chi connectivity index (χ0) is 19.7. The lowest BCUT2D eigenvalue weighted by Crippen LogP contribution is -2.19. The molecule has 1 amide bonds. The number of hydrogen-bond acceptors (Lipinski definition) is 4. The second kappa shape index (κ2) is 7.72. The van der Waals surface area contributed by atoms with E-state index in [1.54, 1.807) is 0 Å². The summed E-state index contributed by atoms with van der Waals surface area (Å²) in [6.07, 6.45) is 4.57. The van der Waals surface area contributed by atoms with Crippen molar-refractivity contribution in [2.24, 2.45) is 0 Å². The van der Waals surface area contributed by atoms with Crippen LogP contribution < -0.4 is 5.32 Å². The van der Waals surface area contributed by atoms with Gasteiger partial charge in [-0.3, -0.25) is 4.79 Å². The zero-order valence-corrected chi connectivity index (χ0v) is 16.9. The number of hydrogen-bond donors (Lipinski definition) is 2. The molecule has 1 fully saturated rings. The summed E-state index contributed by atoms with van der Waals surface area (Å²) in [5.41, 5.74) is 4.45. The molecule has 1 aliphatic carbocycles. The highest BCUT2D eigenvalue weighted by Gasteiger charge is 2.26. The summed E-state index contributed by atoms with van der Waals surface area (Å²) in [7, 11) is 0. The number of H-pyrrole nitrogens is 1. The van der Waals surface area contributed by atoms with Gasteiger partial charge in [-0.15, -0.1) is 0 Å². The van der Waals surface area contributed by atoms with Crippen molar-refractivity contribution in [2.45, 2.75) is 50.7 Å². The molecule has 0 unspecified atom stereocenters. The number of nitriles is 1. The number of aromatic amines is 1. The zero-order valence-electron chi connectivity index (χ0n) is 16.1. The van der Waals surface area contributed by atoms with Crippen LogP contribution in [0.1, 0.15) is 48.5 Å². The Morgan fingerprint density at radius 1 is 1.36 bits per heavy atom. The fourth-order valence-electron chi connectivity index (χ4n) is 4.01. The standard InChI is InChI=1S/C21H23N5OS/c1-13-14(2)26(15-7-3-4-8-15)20(16(13)11-22)25-19(27)12-28-21-23-17-9-5-6-10-18(17)24-21/h5-6,9-10,15H,3-4,7-8,12H2,1-2H3,(H,23,24)(H,25,27). The van der Waals surface area contributed by atoms with Crippen molar-refractivity contribution in [2.75, 3.05) is 11.1 Å². The van der Waals surface area contributed by atoms with Gasteiger partial charge in [-0.1, -0.05) is 36.7 Å². The molecule has 3 aromatic rings. The number of carbonyl (C=O) groups is 1. The van der Waals surface area contributed by atoms with Gasteiger partial charge in [-0.25, -0.2) is 4.98 Å². The summed E-state index contributed by atoms with van der Waals surface area (Å²) >= 11 is 1.37. The smallest absolute Gasteiger partial charge is 0.235 e. The van der Waals surface area contributed by atoms with E-state index in [1.807, 2.05) is 38.1 Å². The SMILES string of the molecule is Cc1c(C#N)c(NC(=O)CSc2nc3ccccc3[nH]2)n(C2CCCC2)c1C. The van der Waals surface area contributed by atoms with Crippen LogP contribution in [0.3, 0.4) is 0 Å². The summed E-state index contributed by atoms with van der Waals surface area (Å²) in [5.74, 6) is 0.761. The molecule has 0 bridgehead atoms. The molecule has 0 atom stereocenters. The van der Waals surface area contributed by atoms with Gasteiger partial charge in [0.25, 0.3) is 0 Å². The van der Waals surface area contributed by atoms with E-state index in [1.165, 1.54) is 24.6 Å². The number of nitrogens with one attached hydrogen (secondary N) is 2. The molecule has 0 saturated heterocycles. The molecule has 1 aliphatic rings. The molecule has 144 valence electrons. The topological polar surface area (TPSA) is 86.5 Å². The van der Waals surface area contributed by atoms with Crippen molar-refractivity contribution in [3.63, 3.8) is 0 Å². The van der Waals surface area contributed by atoms with Crippen LogP contribution in [-0.4, -0.2) is 26.2 Å². The van der Waals surface area contributed by atoms with Gasteiger partial charge in [0, 0.05) is 11.7 Å². The Balaban J connectivity index is 1.52. The third-order valence-electron chi connectivity index (χ3n) is 5.52. The molecule has 2 heterocycles. The highest BCUT2D eigenvalue weighted by molar-refractivity contribution is 7.99. The van der Waals surface area contributed by atoms with Crippen molar-refractivity contribution in [3.05, 3.63) is 41.1 Å². The van der Waals surface area contributed by atoms with E-state index in [0.717, 1.165) is 40.3 Å². The number of carbonyl (C=O) groups excluding carboxylic acids is 1. The predicted molar refractivity (Wildman–Crippen MR) is 112 cm³/mol. The summed E-state index contributed by atoms with van der Waals surface area (Å²) < 4.78 is 2.17. The van der Waals surface area contributed by atoms with Gasteiger partial charge in [-0.05, 0) is 44.4 Å². The van der Waals surface area contributed by atoms with Crippen LogP contribution in [0.2, 0.25) is 0 Å². The van der Waals surface area contributed by atoms with Crippen molar-refractivity contribution in [3.8, 4) is 6.07 Å². The molecule has 7 heteroatoms. The Labute approximate surface area is 168 Å². The number of benzene rings is 1. The molecular formula is C21H23N5OS. The molecule has 2 aromatic heterocycles. The highest BCUT2D eigenvalue weighted by atomic mass is 32.2. The third kappa shape index (κ3) is 3.40. The first-order valence-corrected chi connectivity index (χ1v) is 10.6. The first-order valence-electron chi connectivity index (χ1n) is 9.57. The van der Waals surface area contributed by atoms with Crippen molar-refractivity contribution < 1.29 is 4.79 Å². The van der Waals surface area contributed by atoms with E-state index in [9.17, 15) is 10.1 Å². The monoisotopic (exact) mass is 393 g/mol. The molecule has 2 N–H and O–H groups in total. The first kappa shape index (κ1) is 18.6. The number of thioether (sulfide) groups is 1. The van der Waals surface area contributed by atoms with E-state index in [0.29, 0.717) is 17.4 Å². The van der Waals surface area contributed by atoms with Crippen LogP contribution in [0.4, 0.5) is 5.82 Å². The van der Waals surface area contributed by atoms with Gasteiger partial charge < -0.3 is 14.9 Å². The van der Waals surface area contributed by atoms with E-state index >= 15 is 0 Å². The molecular weight excluding hydrogens is 370 g/mol. The van der Waals surface area contributed by atoms with Crippen LogP contribution in [0.15, 0.2) is 29.4 Å². The fourth-order valence-corrected chi connectivity index (χ4v) is 4.69. The van der Waals surface area contributed by atoms with Gasteiger partial charge >= 0.3 is 0 Å². The van der Waals surface area contributed by atoms with E-state index < -0.39 is 0 Å². The number of fused-ring (bicyclic) bond motifs is 1. The highest BCUT2D eigenvalue weighted by Crippen LogP contribution is 2.37. The number of imidazole rings is 1. The molecule has 0 radical (unpaired) electrons. The van der Waals surface area contributed by atoms with Gasteiger partial charge in [-0.2, -0.15) is 5.26 Å². The fraction of sp³-hybridized carbons (Fsp3) is 0.381. The van der Waals surface area contributed by atoms with Gasteiger partial charge in [0.15, 0.2) is 5.16 Å². The average Bonchev–Trinajstić information content (AvgIpc) is 3.40. The lowest BCUT2D eigenvalue weighted by Gasteiger charge is -2.19. The Bertz CT molecular complexity index is 1040. The maximum Gasteiger partial charge on any atom is 0.235 e. The Morgan fingerprint density at radius 3 is 2.82 bits per heavy atom. The summed E-state index contributed by atoms with van der Waals surface area (Å²) in [6, 6.07) is 10.4. The van der Waals surface area contributed by atoms with E-state index in [4.69, 9.17) is 0 Å². The number of para-hydroxylation sites is 2. The molecule has 1 saturated carbocycles. The first-order chi connectivity index (χ1) is 13.6. The van der Waals surface area contributed by atoms with Crippen LogP contribution >= 0.6 is 11.8 Å². The maximum absolute atomic E-state index is 12.7. The van der Waals surface area contributed by atoms with Crippen LogP contribution in [0, 0.1) is 25.2 Å². The molecule has 28 heavy (non-hydrogen) atoms. The number of anilines is 1. The van der Waals surface area contributed by atoms with Crippen LogP contribution in [0.25, 0.3) is 11.0 Å². The number of nitrogens with zero attached hydrogens (tertiary/aromatic N) is 3. The van der Waals surface area contributed by atoms with Crippen molar-refractivity contribution >= 4 is 34.5 Å². The molecule has 6 nitrogen and oxygen atoms in total. The lowest BCUT2D eigenvalue weighted by molar-refractivity contribution is -0.113. The number of rotatable bonds is 5. The minimum absolute atomic E-state index is 0.126. The summed E-state index contributed by atoms with van der Waals surface area (Å²) in [5, 5.41) is 13.4. The molecule has 1 aromatic carbocycles. The van der Waals surface area contributed by atoms with Crippen LogP contribution in [0.5, 0.6) is 0 Å². The average molecular weight is 394 g/mol. The normalized spacial score (nSPS) is 14.5. The number of amides is 1. The molecule has 0 aliphatic heterocycles. The molecule has 0 spiro atoms. The third-order valence-corrected chi connectivity index (χ3v) is 6.40. The Morgan fingerprint density at radius 2 is 2.11 bits per heavy atom. The minimum atomic E-state index is -0.126. The van der Waals surface area contributed by atoms with Crippen molar-refractivity contribution in [1.29, 1.82) is 5.26 Å². The Hall–Kier alpha value is -2.72. The van der Waals surface area contributed by atoms with Gasteiger partial charge in [0.05, 0.1) is 22.3 Å². The van der Waals surface area contributed by atoms with E-state index in [2.05, 4.69) is 25.9 Å². The summed E-state index contributed by atoms with van der Waals surface area (Å²) in [4.78, 5) is 20.4. The predicted octanol–water partition coefficient (Wildman–Crippen LogP) is 4.70. The minimum Gasteiger partial charge on any atom is -0.333 e. The van der Waals surface area contributed by atoms with E-state index in [-0.39, 0.29) is 11.7 Å². The van der Waals surface area contributed by atoms with Crippen molar-refractivity contribution in [1.82, 2.24) is 14.5 Å². The molecule has 4 rings (SSSR count). The lowest BCUT2D eigenvalue weighted by atomic mass is 10.2.